The third-order valence-electron chi connectivity index (χ3n) is 3.52. The van der Waals surface area contributed by atoms with Crippen LogP contribution < -0.4 is 5.32 Å². The number of H-pyrrole nitrogens is 1. The minimum absolute atomic E-state index is 0.0392. The molecule has 0 radical (unpaired) electrons. The number of halogens is 2. The Morgan fingerprint density at radius 1 is 0.955 bits per heavy atom. The van der Waals surface area contributed by atoms with Gasteiger partial charge in [-0.25, -0.2) is 4.98 Å². The lowest BCUT2D eigenvalue weighted by Gasteiger charge is -2.14. The van der Waals surface area contributed by atoms with Gasteiger partial charge in [-0.15, -0.1) is 0 Å². The van der Waals surface area contributed by atoms with Crippen LogP contribution in [-0.2, 0) is 0 Å². The van der Waals surface area contributed by atoms with Crippen LogP contribution in [0.25, 0.3) is 11.3 Å². The van der Waals surface area contributed by atoms with Crippen molar-refractivity contribution < 1.29 is 0 Å². The summed E-state index contributed by atoms with van der Waals surface area (Å²) in [6.45, 7) is 0. The number of aromatic amines is 1. The van der Waals surface area contributed by atoms with E-state index in [2.05, 4.69) is 71.4 Å². The fourth-order valence-electron chi connectivity index (χ4n) is 2.38. The molecular formula is C17H15Br2N3. The molecule has 5 heteroatoms. The van der Waals surface area contributed by atoms with Crippen LogP contribution in [0, 0.1) is 0 Å². The molecular weight excluding hydrogens is 406 g/mol. The molecule has 0 aliphatic rings. The summed E-state index contributed by atoms with van der Waals surface area (Å²) in [4.78, 5) is 7.96. The fraction of sp³-hybridized carbons (Fsp3) is 0.118. The smallest absolute Gasteiger partial charge is 0.128 e. The van der Waals surface area contributed by atoms with E-state index in [4.69, 9.17) is 0 Å². The molecule has 0 aliphatic heterocycles. The molecule has 0 amide bonds. The predicted molar refractivity (Wildman–Crippen MR) is 96.8 cm³/mol. The molecule has 1 atom stereocenters. The summed E-state index contributed by atoms with van der Waals surface area (Å²) in [6, 6.07) is 16.5. The highest BCUT2D eigenvalue weighted by atomic mass is 79.9. The number of hydrogen-bond donors (Lipinski definition) is 2. The highest BCUT2D eigenvalue weighted by molar-refractivity contribution is 9.10. The first-order valence-corrected chi connectivity index (χ1v) is 8.49. The second kappa shape index (κ2) is 6.77. The number of benzene rings is 2. The standard InChI is InChI=1S/C17H15Br2N3/c1-20-16(12-4-8-14(19)9-5-12)17-21-10-15(22-17)11-2-6-13(18)7-3-11/h2-10,16,20H,1H3,(H,21,22)/t16-/m1/s1. The lowest BCUT2D eigenvalue weighted by atomic mass is 10.1. The zero-order chi connectivity index (χ0) is 15.5. The van der Waals surface area contributed by atoms with Crippen LogP contribution >= 0.6 is 31.9 Å². The van der Waals surface area contributed by atoms with Crippen LogP contribution in [0.2, 0.25) is 0 Å². The van der Waals surface area contributed by atoms with E-state index in [9.17, 15) is 0 Å². The molecule has 22 heavy (non-hydrogen) atoms. The number of nitrogens with zero attached hydrogens (tertiary/aromatic N) is 1. The molecule has 2 N–H and O–H groups in total. The largest absolute Gasteiger partial charge is 0.340 e. The first-order chi connectivity index (χ1) is 10.7. The summed E-state index contributed by atoms with van der Waals surface area (Å²) in [5.74, 6) is 0.905. The van der Waals surface area contributed by atoms with Gasteiger partial charge in [0.15, 0.2) is 0 Å². The summed E-state index contributed by atoms with van der Waals surface area (Å²) in [5.41, 5.74) is 3.30. The minimum Gasteiger partial charge on any atom is -0.340 e. The summed E-state index contributed by atoms with van der Waals surface area (Å²) in [5, 5.41) is 3.31. The molecule has 0 aliphatic carbocycles. The van der Waals surface area contributed by atoms with E-state index in [1.807, 2.05) is 37.5 Å². The molecule has 0 fully saturated rings. The van der Waals surface area contributed by atoms with Gasteiger partial charge in [-0.1, -0.05) is 56.1 Å². The van der Waals surface area contributed by atoms with Crippen molar-refractivity contribution in [2.45, 2.75) is 6.04 Å². The minimum atomic E-state index is 0.0392. The maximum atomic E-state index is 4.54. The van der Waals surface area contributed by atoms with Gasteiger partial charge < -0.3 is 10.3 Å². The third kappa shape index (κ3) is 3.32. The van der Waals surface area contributed by atoms with E-state index < -0.39 is 0 Å². The van der Waals surface area contributed by atoms with Gasteiger partial charge >= 0.3 is 0 Å². The Hall–Kier alpha value is -1.43. The summed E-state index contributed by atoms with van der Waals surface area (Å²) >= 11 is 6.92. The number of rotatable bonds is 4. The zero-order valence-corrected chi connectivity index (χ0v) is 15.1. The summed E-state index contributed by atoms with van der Waals surface area (Å²) < 4.78 is 2.14. The van der Waals surface area contributed by atoms with Crippen molar-refractivity contribution in [2.75, 3.05) is 7.05 Å². The Morgan fingerprint density at radius 3 is 2.14 bits per heavy atom. The van der Waals surface area contributed by atoms with E-state index in [0.29, 0.717) is 0 Å². The molecule has 3 rings (SSSR count). The van der Waals surface area contributed by atoms with Crippen molar-refractivity contribution in [1.82, 2.24) is 15.3 Å². The highest BCUT2D eigenvalue weighted by Gasteiger charge is 2.15. The Labute approximate surface area is 146 Å². The Kier molecular flexibility index (Phi) is 4.76. The maximum absolute atomic E-state index is 4.54. The van der Waals surface area contributed by atoms with E-state index in [-0.39, 0.29) is 6.04 Å². The van der Waals surface area contributed by atoms with E-state index >= 15 is 0 Å². The van der Waals surface area contributed by atoms with Crippen LogP contribution in [0.15, 0.2) is 63.7 Å². The molecule has 0 bridgehead atoms. The second-order valence-corrected chi connectivity index (χ2v) is 6.79. The molecule has 0 saturated carbocycles. The van der Waals surface area contributed by atoms with Gasteiger partial charge in [-0.2, -0.15) is 0 Å². The molecule has 1 aromatic heterocycles. The fourth-order valence-corrected chi connectivity index (χ4v) is 2.90. The molecule has 112 valence electrons. The van der Waals surface area contributed by atoms with Gasteiger partial charge in [0, 0.05) is 8.95 Å². The van der Waals surface area contributed by atoms with E-state index in [1.165, 1.54) is 5.56 Å². The van der Waals surface area contributed by atoms with Crippen molar-refractivity contribution in [1.29, 1.82) is 0 Å². The molecule has 3 nitrogen and oxygen atoms in total. The monoisotopic (exact) mass is 419 g/mol. The van der Waals surface area contributed by atoms with Gasteiger partial charge in [-0.3, -0.25) is 0 Å². The average Bonchev–Trinajstić information content (AvgIpc) is 3.00. The molecule has 0 saturated heterocycles. The lowest BCUT2D eigenvalue weighted by Crippen LogP contribution is -2.18. The Morgan fingerprint density at radius 2 is 1.55 bits per heavy atom. The predicted octanol–water partition coefficient (Wildman–Crippen LogP) is 4.91. The first kappa shape index (κ1) is 15.5. The second-order valence-electron chi connectivity index (χ2n) is 4.96. The van der Waals surface area contributed by atoms with Crippen LogP contribution in [0.3, 0.4) is 0 Å². The SMILES string of the molecule is CN[C@H](c1ccc(Br)cc1)c1ncc(-c2ccc(Br)cc2)[nH]1. The van der Waals surface area contributed by atoms with Gasteiger partial charge in [0.05, 0.1) is 17.9 Å². The van der Waals surface area contributed by atoms with Gasteiger partial charge in [0.1, 0.15) is 5.82 Å². The summed E-state index contributed by atoms with van der Waals surface area (Å²) in [7, 11) is 1.94. The molecule has 3 aromatic rings. The number of aromatic nitrogens is 2. The van der Waals surface area contributed by atoms with Crippen molar-refractivity contribution in [2.24, 2.45) is 0 Å². The molecule has 0 unspecified atom stereocenters. The topological polar surface area (TPSA) is 40.7 Å². The Bertz CT molecular complexity index is 748. The third-order valence-corrected chi connectivity index (χ3v) is 4.57. The van der Waals surface area contributed by atoms with Crippen molar-refractivity contribution in [3.63, 3.8) is 0 Å². The Balaban J connectivity index is 1.91. The van der Waals surface area contributed by atoms with Crippen molar-refractivity contribution >= 4 is 31.9 Å². The van der Waals surface area contributed by atoms with Gasteiger partial charge in [0.25, 0.3) is 0 Å². The lowest BCUT2D eigenvalue weighted by molar-refractivity contribution is 0.655. The number of imidazole rings is 1. The van der Waals surface area contributed by atoms with Crippen molar-refractivity contribution in [3.05, 3.63) is 75.1 Å². The molecule has 0 spiro atoms. The molecule has 1 heterocycles. The highest BCUT2D eigenvalue weighted by Crippen LogP contribution is 2.25. The maximum Gasteiger partial charge on any atom is 0.128 e. The van der Waals surface area contributed by atoms with Gasteiger partial charge in [-0.05, 0) is 42.4 Å². The quantitative estimate of drug-likeness (QED) is 0.629. The zero-order valence-electron chi connectivity index (χ0n) is 12.0. The summed E-state index contributed by atoms with van der Waals surface area (Å²) in [6.07, 6.45) is 1.88. The number of nitrogens with one attached hydrogen (secondary N) is 2. The van der Waals surface area contributed by atoms with Crippen molar-refractivity contribution in [3.8, 4) is 11.3 Å². The average molecular weight is 421 g/mol. The van der Waals surface area contributed by atoms with E-state index in [0.717, 1.165) is 26.0 Å². The van der Waals surface area contributed by atoms with E-state index in [1.54, 1.807) is 0 Å². The van der Waals surface area contributed by atoms with Crippen LogP contribution in [0.5, 0.6) is 0 Å². The molecule has 2 aromatic carbocycles. The first-order valence-electron chi connectivity index (χ1n) is 6.91. The van der Waals surface area contributed by atoms with Gasteiger partial charge in [0.2, 0.25) is 0 Å². The van der Waals surface area contributed by atoms with Crippen LogP contribution in [0.1, 0.15) is 17.4 Å². The normalized spacial score (nSPS) is 12.3. The van der Waals surface area contributed by atoms with Crippen LogP contribution in [-0.4, -0.2) is 17.0 Å². The number of hydrogen-bond acceptors (Lipinski definition) is 2. The van der Waals surface area contributed by atoms with Crippen LogP contribution in [0.4, 0.5) is 0 Å².